The van der Waals surface area contributed by atoms with E-state index in [0.717, 1.165) is 0 Å². The minimum atomic E-state index is -0.220. The number of hydrogen-bond acceptors (Lipinski definition) is 3. The first-order valence-corrected chi connectivity index (χ1v) is 6.53. The number of methoxy groups -OCH3 is 1. The molecule has 0 amide bonds. The Morgan fingerprint density at radius 1 is 1.32 bits per heavy atom. The first-order valence-electron chi connectivity index (χ1n) is 5.40. The molecular weight excluding hydrogens is 311 g/mol. The monoisotopic (exact) mass is 320 g/mol. The van der Waals surface area contributed by atoms with Crippen molar-refractivity contribution in [3.05, 3.63) is 44.7 Å². The van der Waals surface area contributed by atoms with Gasteiger partial charge in [0.05, 0.1) is 29.6 Å². The third-order valence-electron chi connectivity index (χ3n) is 2.58. The van der Waals surface area contributed by atoms with Crippen molar-refractivity contribution in [3.63, 3.8) is 0 Å². The Kier molecular flexibility index (Phi) is 4.71. The maximum atomic E-state index is 9.35. The Morgan fingerprint density at radius 2 is 2.05 bits per heavy atom. The minimum Gasteiger partial charge on any atom is -0.391 e. The molecule has 0 unspecified atom stereocenters. The molecule has 0 aliphatic heterocycles. The van der Waals surface area contributed by atoms with E-state index >= 15 is 0 Å². The van der Waals surface area contributed by atoms with Gasteiger partial charge < -0.3 is 9.84 Å². The van der Waals surface area contributed by atoms with Crippen LogP contribution in [0, 0.1) is 0 Å². The van der Waals surface area contributed by atoms with E-state index in [0.29, 0.717) is 32.1 Å². The zero-order valence-corrected chi connectivity index (χ0v) is 12.3. The largest absolute Gasteiger partial charge is 0.391 e. The third kappa shape index (κ3) is 2.88. The Bertz CT molecular complexity index is 599. The van der Waals surface area contributed by atoms with Gasteiger partial charge in [-0.05, 0) is 18.2 Å². The lowest BCUT2D eigenvalue weighted by Gasteiger charge is -2.06. The number of hydrogen-bond donors (Lipinski definition) is 1. The van der Waals surface area contributed by atoms with Crippen molar-refractivity contribution in [3.8, 4) is 5.69 Å². The van der Waals surface area contributed by atoms with Gasteiger partial charge in [-0.3, -0.25) is 0 Å². The molecule has 0 fully saturated rings. The van der Waals surface area contributed by atoms with Gasteiger partial charge in [-0.25, -0.2) is 4.68 Å². The van der Waals surface area contributed by atoms with E-state index in [1.807, 2.05) is 0 Å². The number of benzene rings is 1. The fourth-order valence-electron chi connectivity index (χ4n) is 1.69. The maximum Gasteiger partial charge on any atom is 0.138 e. The van der Waals surface area contributed by atoms with Crippen molar-refractivity contribution >= 4 is 34.8 Å². The van der Waals surface area contributed by atoms with Crippen molar-refractivity contribution in [1.29, 1.82) is 0 Å². The van der Waals surface area contributed by atoms with Crippen LogP contribution in [0.25, 0.3) is 5.69 Å². The smallest absolute Gasteiger partial charge is 0.138 e. The van der Waals surface area contributed by atoms with Crippen LogP contribution in [0.2, 0.25) is 15.2 Å². The van der Waals surface area contributed by atoms with E-state index < -0.39 is 0 Å². The highest BCUT2D eigenvalue weighted by Gasteiger charge is 2.18. The molecule has 0 aliphatic carbocycles. The molecule has 1 N–H and O–H groups in total. The predicted molar refractivity (Wildman–Crippen MR) is 75.2 cm³/mol. The van der Waals surface area contributed by atoms with Crippen LogP contribution in [0.3, 0.4) is 0 Å². The van der Waals surface area contributed by atoms with Crippen molar-refractivity contribution in [1.82, 2.24) is 9.78 Å². The number of aromatic nitrogens is 2. The van der Waals surface area contributed by atoms with E-state index in [9.17, 15) is 5.11 Å². The average molecular weight is 322 g/mol. The lowest BCUT2D eigenvalue weighted by Crippen LogP contribution is -1.99. The van der Waals surface area contributed by atoms with Gasteiger partial charge in [-0.1, -0.05) is 34.8 Å². The Morgan fingerprint density at radius 3 is 2.63 bits per heavy atom. The van der Waals surface area contributed by atoms with Gasteiger partial charge in [0.2, 0.25) is 0 Å². The van der Waals surface area contributed by atoms with E-state index in [2.05, 4.69) is 5.10 Å². The van der Waals surface area contributed by atoms with E-state index in [-0.39, 0.29) is 13.2 Å². The van der Waals surface area contributed by atoms with Crippen LogP contribution < -0.4 is 0 Å². The van der Waals surface area contributed by atoms with Crippen LogP contribution in [0.4, 0.5) is 0 Å². The molecule has 0 aliphatic rings. The fourth-order valence-corrected chi connectivity index (χ4v) is 2.48. The Labute approximate surface area is 125 Å². The summed E-state index contributed by atoms with van der Waals surface area (Å²) in [5.74, 6) is 0. The molecule has 2 aromatic rings. The fraction of sp³-hybridized carbons (Fsp3) is 0.250. The van der Waals surface area contributed by atoms with Crippen LogP contribution in [-0.4, -0.2) is 22.0 Å². The quantitative estimate of drug-likeness (QED) is 0.938. The minimum absolute atomic E-state index is 0.220. The molecule has 0 spiro atoms. The second kappa shape index (κ2) is 6.11. The summed E-state index contributed by atoms with van der Waals surface area (Å²) in [6.45, 7) is 0.0383. The highest BCUT2D eigenvalue weighted by molar-refractivity contribution is 6.36. The molecular formula is C12H11Cl3N2O2. The second-order valence-electron chi connectivity index (χ2n) is 3.81. The molecule has 2 rings (SSSR count). The number of aliphatic hydroxyl groups is 1. The standard InChI is InChI=1S/C12H11Cl3N2O2/c1-19-6-10-8(5-18)12(15)17(16-10)11-3-2-7(13)4-9(11)14/h2-4,18H,5-6H2,1H3. The SMILES string of the molecule is COCc1nn(-c2ccc(Cl)cc2Cl)c(Cl)c1CO. The Hall–Kier alpha value is -0.780. The summed E-state index contributed by atoms with van der Waals surface area (Å²) in [5, 5.41) is 14.9. The lowest BCUT2D eigenvalue weighted by molar-refractivity contribution is 0.178. The van der Waals surface area contributed by atoms with Gasteiger partial charge in [0.1, 0.15) is 5.15 Å². The molecule has 0 radical (unpaired) electrons. The third-order valence-corrected chi connectivity index (χ3v) is 3.51. The average Bonchev–Trinajstić information content (AvgIpc) is 2.66. The van der Waals surface area contributed by atoms with E-state index in [1.54, 1.807) is 25.3 Å². The molecule has 102 valence electrons. The molecule has 0 saturated carbocycles. The summed E-state index contributed by atoms with van der Waals surface area (Å²) in [4.78, 5) is 0. The number of ether oxygens (including phenoxy) is 1. The summed E-state index contributed by atoms with van der Waals surface area (Å²) < 4.78 is 6.48. The summed E-state index contributed by atoms with van der Waals surface area (Å²) in [6, 6.07) is 5.00. The Balaban J connectivity index is 2.56. The molecule has 1 heterocycles. The predicted octanol–water partition coefficient (Wildman–Crippen LogP) is 3.47. The van der Waals surface area contributed by atoms with E-state index in [1.165, 1.54) is 4.68 Å². The van der Waals surface area contributed by atoms with Gasteiger partial charge in [0, 0.05) is 17.7 Å². The molecule has 0 saturated heterocycles. The van der Waals surface area contributed by atoms with Crippen molar-refractivity contribution in [2.24, 2.45) is 0 Å². The molecule has 0 bridgehead atoms. The lowest BCUT2D eigenvalue weighted by atomic mass is 10.2. The number of aliphatic hydroxyl groups excluding tert-OH is 1. The molecule has 4 nitrogen and oxygen atoms in total. The first kappa shape index (κ1) is 14.6. The molecule has 1 aromatic carbocycles. The normalized spacial score (nSPS) is 11.0. The topological polar surface area (TPSA) is 47.3 Å². The van der Waals surface area contributed by atoms with Gasteiger partial charge in [-0.2, -0.15) is 5.10 Å². The first-order chi connectivity index (χ1) is 9.08. The van der Waals surface area contributed by atoms with Crippen LogP contribution in [0.1, 0.15) is 11.3 Å². The van der Waals surface area contributed by atoms with Crippen LogP contribution in [0.5, 0.6) is 0 Å². The van der Waals surface area contributed by atoms with Crippen LogP contribution in [-0.2, 0) is 18.0 Å². The molecule has 0 atom stereocenters. The van der Waals surface area contributed by atoms with Gasteiger partial charge in [0.15, 0.2) is 0 Å². The summed E-state index contributed by atoms with van der Waals surface area (Å²) in [6.07, 6.45) is 0. The molecule has 19 heavy (non-hydrogen) atoms. The molecule has 7 heteroatoms. The van der Waals surface area contributed by atoms with E-state index in [4.69, 9.17) is 39.5 Å². The van der Waals surface area contributed by atoms with Gasteiger partial charge in [0.25, 0.3) is 0 Å². The maximum absolute atomic E-state index is 9.35. The number of rotatable bonds is 4. The van der Waals surface area contributed by atoms with Crippen LogP contribution >= 0.6 is 34.8 Å². The second-order valence-corrected chi connectivity index (χ2v) is 5.02. The summed E-state index contributed by atoms with van der Waals surface area (Å²) in [7, 11) is 1.54. The summed E-state index contributed by atoms with van der Waals surface area (Å²) >= 11 is 18.2. The molecule has 1 aromatic heterocycles. The summed E-state index contributed by atoms with van der Waals surface area (Å²) in [5.41, 5.74) is 1.68. The van der Waals surface area contributed by atoms with Gasteiger partial charge in [-0.15, -0.1) is 0 Å². The highest BCUT2D eigenvalue weighted by atomic mass is 35.5. The number of nitrogens with zero attached hydrogens (tertiary/aromatic N) is 2. The van der Waals surface area contributed by atoms with Gasteiger partial charge >= 0.3 is 0 Å². The van der Waals surface area contributed by atoms with Crippen molar-refractivity contribution in [2.75, 3.05) is 7.11 Å². The van der Waals surface area contributed by atoms with Crippen molar-refractivity contribution in [2.45, 2.75) is 13.2 Å². The zero-order valence-electron chi connectivity index (χ0n) is 10.0. The zero-order chi connectivity index (χ0) is 14.0. The number of halogens is 3. The highest BCUT2D eigenvalue weighted by Crippen LogP contribution is 2.29. The van der Waals surface area contributed by atoms with Crippen molar-refractivity contribution < 1.29 is 9.84 Å². The van der Waals surface area contributed by atoms with Crippen LogP contribution in [0.15, 0.2) is 18.2 Å².